The van der Waals surface area contributed by atoms with Crippen LogP contribution >= 0.6 is 0 Å². The van der Waals surface area contributed by atoms with E-state index < -0.39 is 0 Å². The minimum atomic E-state index is -0.118. The summed E-state index contributed by atoms with van der Waals surface area (Å²) in [5, 5.41) is 3.03. The van der Waals surface area contributed by atoms with E-state index in [1.807, 2.05) is 71.6 Å². The molecule has 0 radical (unpaired) electrons. The third-order valence-corrected chi connectivity index (χ3v) is 8.41. The lowest BCUT2D eigenvalue weighted by molar-refractivity contribution is 0.213. The van der Waals surface area contributed by atoms with Gasteiger partial charge >= 0.3 is 6.03 Å². The molecule has 3 aromatic rings. The Morgan fingerprint density at radius 2 is 1.55 bits per heavy atom. The Balaban J connectivity index is 1.65. The number of carbonyl (C=O) groups excluding carboxylic acids is 1. The number of para-hydroxylation sites is 2. The molecule has 0 aromatic heterocycles. The molecule has 0 unspecified atom stereocenters. The van der Waals surface area contributed by atoms with Crippen molar-refractivity contribution in [3.63, 3.8) is 0 Å². The molecule has 0 aliphatic carbocycles. The largest absolute Gasteiger partial charge is 0.496 e. The van der Waals surface area contributed by atoms with Crippen molar-refractivity contribution >= 4 is 17.8 Å². The average molecular weight is 571 g/mol. The van der Waals surface area contributed by atoms with E-state index in [-0.39, 0.29) is 16.9 Å². The molecule has 3 aromatic carbocycles. The van der Waals surface area contributed by atoms with Crippen LogP contribution in [0.15, 0.2) is 78.9 Å². The number of hydrogen-bond acceptors (Lipinski definition) is 3. The molecule has 0 saturated carbocycles. The number of unbranched alkanes of at least 4 members (excludes halogenated alkanes) is 1. The summed E-state index contributed by atoms with van der Waals surface area (Å²) in [6.07, 6.45) is 7.81. The predicted molar refractivity (Wildman–Crippen MR) is 177 cm³/mol. The number of hydrogen-bond donors (Lipinski definition) is 1. The number of methoxy groups -OCH3 is 1. The first-order chi connectivity index (χ1) is 20.1. The summed E-state index contributed by atoms with van der Waals surface area (Å²) >= 11 is 0. The zero-order chi connectivity index (χ0) is 30.6. The second kappa shape index (κ2) is 15.5. The summed E-state index contributed by atoms with van der Waals surface area (Å²) in [6, 6.07) is 24.1. The fraction of sp³-hybridized carbons (Fsp3) is 0.432. The summed E-state index contributed by atoms with van der Waals surface area (Å²) in [6.45, 7) is 15.4. The topological polar surface area (TPSA) is 50.8 Å². The van der Waals surface area contributed by atoms with Crippen LogP contribution in [-0.4, -0.2) is 37.7 Å². The van der Waals surface area contributed by atoms with Crippen LogP contribution < -0.4 is 14.8 Å². The Kier molecular flexibility index (Phi) is 12.1. The first-order valence-corrected chi connectivity index (χ1v) is 15.3. The summed E-state index contributed by atoms with van der Waals surface area (Å²) in [5.41, 5.74) is 4.54. The van der Waals surface area contributed by atoms with Crippen molar-refractivity contribution in [1.82, 2.24) is 4.90 Å². The molecule has 0 heterocycles. The Bertz CT molecular complexity index is 1300. The highest BCUT2D eigenvalue weighted by molar-refractivity contribution is 5.89. The zero-order valence-corrected chi connectivity index (χ0v) is 26.7. The molecular formula is C37H50N2O3. The lowest BCUT2D eigenvalue weighted by Crippen LogP contribution is -2.36. The number of amides is 2. The van der Waals surface area contributed by atoms with Crippen LogP contribution in [0.5, 0.6) is 11.5 Å². The van der Waals surface area contributed by atoms with Gasteiger partial charge in [-0.3, -0.25) is 0 Å². The average Bonchev–Trinajstić information content (AvgIpc) is 3.00. The van der Waals surface area contributed by atoms with Crippen molar-refractivity contribution in [3.8, 4) is 11.5 Å². The van der Waals surface area contributed by atoms with Crippen molar-refractivity contribution in [2.24, 2.45) is 0 Å². The van der Waals surface area contributed by atoms with Gasteiger partial charge in [0.25, 0.3) is 0 Å². The van der Waals surface area contributed by atoms with Crippen LogP contribution in [0.1, 0.15) is 83.9 Å². The minimum Gasteiger partial charge on any atom is -0.496 e. The molecule has 0 atom stereocenters. The van der Waals surface area contributed by atoms with E-state index >= 15 is 0 Å². The van der Waals surface area contributed by atoms with Crippen molar-refractivity contribution < 1.29 is 14.3 Å². The molecule has 0 aliphatic rings. The maximum Gasteiger partial charge on any atom is 0.322 e. The van der Waals surface area contributed by atoms with Crippen molar-refractivity contribution in [3.05, 3.63) is 95.6 Å². The molecule has 0 bridgehead atoms. The van der Waals surface area contributed by atoms with Gasteiger partial charge in [-0.25, -0.2) is 4.79 Å². The molecule has 0 spiro atoms. The molecule has 0 fully saturated rings. The zero-order valence-electron chi connectivity index (χ0n) is 26.7. The number of carbonyl (C=O) groups is 1. The van der Waals surface area contributed by atoms with Gasteiger partial charge in [0, 0.05) is 29.9 Å². The molecule has 2 amide bonds. The van der Waals surface area contributed by atoms with Crippen LogP contribution in [0.25, 0.3) is 6.08 Å². The van der Waals surface area contributed by atoms with E-state index in [0.29, 0.717) is 19.7 Å². The van der Waals surface area contributed by atoms with Gasteiger partial charge < -0.3 is 19.7 Å². The van der Waals surface area contributed by atoms with E-state index in [1.165, 1.54) is 11.1 Å². The van der Waals surface area contributed by atoms with Crippen LogP contribution in [0.3, 0.4) is 0 Å². The van der Waals surface area contributed by atoms with Gasteiger partial charge in [-0.15, -0.1) is 0 Å². The van der Waals surface area contributed by atoms with Crippen LogP contribution in [0, 0.1) is 0 Å². The van der Waals surface area contributed by atoms with Gasteiger partial charge in [-0.1, -0.05) is 102 Å². The fourth-order valence-electron chi connectivity index (χ4n) is 4.70. The third-order valence-electron chi connectivity index (χ3n) is 8.41. The van der Waals surface area contributed by atoms with Gasteiger partial charge in [0.05, 0.1) is 13.7 Å². The number of anilines is 1. The van der Waals surface area contributed by atoms with Gasteiger partial charge in [-0.05, 0) is 66.3 Å². The predicted octanol–water partition coefficient (Wildman–Crippen LogP) is 9.48. The fourth-order valence-corrected chi connectivity index (χ4v) is 4.70. The molecule has 0 aliphatic heterocycles. The van der Waals surface area contributed by atoms with Gasteiger partial charge in [-0.2, -0.15) is 0 Å². The maximum atomic E-state index is 13.2. The quantitative estimate of drug-likeness (QED) is 0.185. The number of rotatable bonds is 15. The molecule has 42 heavy (non-hydrogen) atoms. The molecule has 5 nitrogen and oxygen atoms in total. The Labute approximate surface area is 253 Å². The second-order valence-corrected chi connectivity index (χ2v) is 12.1. The Morgan fingerprint density at radius 3 is 2.24 bits per heavy atom. The van der Waals surface area contributed by atoms with E-state index in [1.54, 1.807) is 7.11 Å². The van der Waals surface area contributed by atoms with Crippen molar-refractivity contribution in [1.29, 1.82) is 0 Å². The molecule has 3 rings (SSSR count). The second-order valence-electron chi connectivity index (χ2n) is 12.1. The van der Waals surface area contributed by atoms with Gasteiger partial charge in [0.1, 0.15) is 11.5 Å². The van der Waals surface area contributed by atoms with Crippen LogP contribution in [0.2, 0.25) is 0 Å². The SMILES string of the molecule is CCC(C)(C)c1ccc(OCCCCN(CC=Cc2ccccc2OC)C(=O)Nc2ccccc2)c(C(C)(C)CC)c1. The lowest BCUT2D eigenvalue weighted by Gasteiger charge is -2.30. The number of benzene rings is 3. The molecular weight excluding hydrogens is 520 g/mol. The summed E-state index contributed by atoms with van der Waals surface area (Å²) in [7, 11) is 1.67. The van der Waals surface area contributed by atoms with E-state index in [9.17, 15) is 4.79 Å². The minimum absolute atomic E-state index is 0.0231. The molecule has 0 saturated heterocycles. The number of ether oxygens (including phenoxy) is 2. The van der Waals surface area contributed by atoms with Crippen LogP contribution in [0.4, 0.5) is 10.5 Å². The van der Waals surface area contributed by atoms with Gasteiger partial charge in [0.15, 0.2) is 0 Å². The number of urea groups is 1. The van der Waals surface area contributed by atoms with E-state index in [0.717, 1.165) is 48.4 Å². The Morgan fingerprint density at radius 1 is 0.857 bits per heavy atom. The summed E-state index contributed by atoms with van der Waals surface area (Å²) < 4.78 is 11.8. The normalized spacial score (nSPS) is 11.9. The van der Waals surface area contributed by atoms with Gasteiger partial charge in [0.2, 0.25) is 0 Å². The summed E-state index contributed by atoms with van der Waals surface area (Å²) in [5.74, 6) is 1.78. The smallest absolute Gasteiger partial charge is 0.322 e. The van der Waals surface area contributed by atoms with Crippen molar-refractivity contribution in [2.45, 2.75) is 78.1 Å². The van der Waals surface area contributed by atoms with E-state index in [2.05, 4.69) is 65.1 Å². The maximum absolute atomic E-state index is 13.2. The molecule has 1 N–H and O–H groups in total. The first kappa shape index (κ1) is 32.8. The standard InChI is InChI=1S/C37H50N2O3/c1-8-36(3,4)30-23-24-34(32(28-30)37(5,6)9-2)42-27-16-15-25-39(35(40)38-31-20-11-10-12-21-31)26-17-19-29-18-13-14-22-33(29)41-7/h10-14,17-24,28H,8-9,15-16,25-27H2,1-7H3,(H,38,40). The third kappa shape index (κ3) is 9.14. The highest BCUT2D eigenvalue weighted by Gasteiger charge is 2.26. The molecule has 5 heteroatoms. The van der Waals surface area contributed by atoms with Crippen molar-refractivity contribution in [2.75, 3.05) is 32.1 Å². The highest BCUT2D eigenvalue weighted by Crippen LogP contribution is 2.38. The van der Waals surface area contributed by atoms with E-state index in [4.69, 9.17) is 9.47 Å². The number of nitrogens with one attached hydrogen (secondary N) is 1. The summed E-state index contributed by atoms with van der Waals surface area (Å²) in [4.78, 5) is 15.1. The molecule has 226 valence electrons. The monoisotopic (exact) mass is 570 g/mol. The Hall–Kier alpha value is -3.73. The lowest BCUT2D eigenvalue weighted by atomic mass is 9.76. The first-order valence-electron chi connectivity index (χ1n) is 15.3. The number of nitrogens with zero attached hydrogens (tertiary/aromatic N) is 1. The van der Waals surface area contributed by atoms with Crippen LogP contribution in [-0.2, 0) is 10.8 Å². The highest BCUT2D eigenvalue weighted by atomic mass is 16.5.